The lowest BCUT2D eigenvalue weighted by Crippen LogP contribution is -2.59. The Hall–Kier alpha value is -2.36. The van der Waals surface area contributed by atoms with Gasteiger partial charge in [0.1, 0.15) is 12.1 Å². The van der Waals surface area contributed by atoms with Crippen molar-refractivity contribution in [3.05, 3.63) is 0 Å². The standard InChI is InChI=1S/C21H34N4O6/c1-9(2)14(24-20(30)31)19(29)25-8-11-13(21(11,3)4)15(25)18(28)23-12(7-10-5-6-10)16(26)17(22)27/h9-16,24,26H,5-8H2,1-4H3,(H2,22,27)(H,23,28)(H,30,31)/t11-,12?,13-,14?,15-,16?/m0/s1. The molecule has 0 aromatic carbocycles. The average molecular weight is 439 g/mol. The average Bonchev–Trinajstić information content (AvgIpc) is 3.51. The van der Waals surface area contributed by atoms with Crippen LogP contribution in [-0.4, -0.2) is 69.7 Å². The lowest BCUT2D eigenvalue weighted by atomic mass is 9.96. The van der Waals surface area contributed by atoms with E-state index in [0.29, 0.717) is 18.9 Å². The second kappa shape index (κ2) is 8.29. The molecule has 6 N–H and O–H groups in total. The fraction of sp³-hybridized carbons (Fsp3) is 0.810. The normalized spacial score (nSPS) is 29.0. The molecule has 3 unspecified atom stereocenters. The van der Waals surface area contributed by atoms with Crippen molar-refractivity contribution in [3.8, 4) is 0 Å². The third kappa shape index (κ3) is 4.63. The predicted octanol–water partition coefficient (Wildman–Crippen LogP) is -0.107. The molecular formula is C21H34N4O6. The molecule has 0 aromatic rings. The molecule has 4 amide bonds. The zero-order valence-corrected chi connectivity index (χ0v) is 18.5. The van der Waals surface area contributed by atoms with Crippen LogP contribution in [0.4, 0.5) is 4.79 Å². The van der Waals surface area contributed by atoms with Gasteiger partial charge in [-0.2, -0.15) is 0 Å². The van der Waals surface area contributed by atoms with E-state index < -0.39 is 48.0 Å². The smallest absolute Gasteiger partial charge is 0.405 e. The van der Waals surface area contributed by atoms with E-state index in [-0.39, 0.29) is 23.2 Å². The van der Waals surface area contributed by atoms with Gasteiger partial charge in [-0.05, 0) is 35.5 Å². The molecule has 10 nitrogen and oxygen atoms in total. The highest BCUT2D eigenvalue weighted by Crippen LogP contribution is 2.65. The Bertz CT molecular complexity index is 765. The van der Waals surface area contributed by atoms with Crippen molar-refractivity contribution in [3.63, 3.8) is 0 Å². The number of aliphatic hydroxyl groups excluding tert-OH is 1. The maximum absolute atomic E-state index is 13.3. The highest BCUT2D eigenvalue weighted by molar-refractivity contribution is 5.93. The predicted molar refractivity (Wildman–Crippen MR) is 111 cm³/mol. The number of nitrogens with two attached hydrogens (primary N) is 1. The number of nitrogens with one attached hydrogen (secondary N) is 2. The Balaban J connectivity index is 1.80. The van der Waals surface area contributed by atoms with Gasteiger partial charge in [-0.25, -0.2) is 4.79 Å². The van der Waals surface area contributed by atoms with E-state index in [1.165, 1.54) is 4.90 Å². The monoisotopic (exact) mass is 438 g/mol. The van der Waals surface area contributed by atoms with E-state index in [0.717, 1.165) is 12.8 Å². The van der Waals surface area contributed by atoms with Crippen LogP contribution in [0.15, 0.2) is 0 Å². The van der Waals surface area contributed by atoms with Crippen molar-refractivity contribution in [2.45, 2.75) is 71.2 Å². The van der Waals surface area contributed by atoms with Crippen LogP contribution in [-0.2, 0) is 14.4 Å². The fourth-order valence-electron chi connectivity index (χ4n) is 5.08. The summed E-state index contributed by atoms with van der Waals surface area (Å²) in [5.74, 6) is -1.67. The molecule has 2 saturated carbocycles. The Labute approximate surface area is 181 Å². The summed E-state index contributed by atoms with van der Waals surface area (Å²) in [6.07, 6.45) is -0.411. The molecule has 0 bridgehead atoms. The summed E-state index contributed by atoms with van der Waals surface area (Å²) in [5.41, 5.74) is 5.14. The van der Waals surface area contributed by atoms with Crippen LogP contribution >= 0.6 is 0 Å². The SMILES string of the molecule is CC(C)C(NC(=O)O)C(=O)N1C[C@H]2[C@@H]([C@H]1C(=O)NC(CC1CC1)C(O)C(N)=O)C2(C)C. The molecule has 0 spiro atoms. The van der Waals surface area contributed by atoms with Gasteiger partial charge in [-0.3, -0.25) is 14.4 Å². The lowest BCUT2D eigenvalue weighted by molar-refractivity contribution is -0.143. The molecule has 3 aliphatic rings. The summed E-state index contributed by atoms with van der Waals surface area (Å²) in [4.78, 5) is 50.8. The topological polar surface area (TPSA) is 162 Å². The number of hydrogen-bond donors (Lipinski definition) is 5. The molecule has 0 radical (unpaired) electrons. The number of hydrogen-bond acceptors (Lipinski definition) is 5. The van der Waals surface area contributed by atoms with Crippen LogP contribution in [0.1, 0.15) is 47.0 Å². The molecule has 1 aliphatic heterocycles. The highest BCUT2D eigenvalue weighted by atomic mass is 16.4. The van der Waals surface area contributed by atoms with Crippen LogP contribution in [0.2, 0.25) is 0 Å². The van der Waals surface area contributed by atoms with Gasteiger partial charge in [0.05, 0.1) is 6.04 Å². The first-order valence-electron chi connectivity index (χ1n) is 10.9. The summed E-state index contributed by atoms with van der Waals surface area (Å²) < 4.78 is 0. The second-order valence-corrected chi connectivity index (χ2v) is 10.2. The van der Waals surface area contributed by atoms with E-state index in [2.05, 4.69) is 10.6 Å². The van der Waals surface area contributed by atoms with Gasteiger partial charge in [0.25, 0.3) is 0 Å². The summed E-state index contributed by atoms with van der Waals surface area (Å²) in [5, 5.41) is 24.4. The van der Waals surface area contributed by atoms with Crippen LogP contribution in [0.5, 0.6) is 0 Å². The van der Waals surface area contributed by atoms with Gasteiger partial charge in [-0.1, -0.05) is 40.5 Å². The Kier molecular flexibility index (Phi) is 6.23. The number of fused-ring (bicyclic) bond motifs is 1. The quantitative estimate of drug-likeness (QED) is 0.337. The highest BCUT2D eigenvalue weighted by Gasteiger charge is 2.69. The number of aliphatic hydroxyl groups is 1. The molecule has 6 atom stereocenters. The maximum atomic E-state index is 13.3. The van der Waals surface area contributed by atoms with Crippen LogP contribution < -0.4 is 16.4 Å². The molecule has 1 saturated heterocycles. The van der Waals surface area contributed by atoms with Crippen molar-refractivity contribution >= 4 is 23.8 Å². The first kappa shape index (κ1) is 23.3. The fourth-order valence-corrected chi connectivity index (χ4v) is 5.08. The first-order valence-corrected chi connectivity index (χ1v) is 10.9. The van der Waals surface area contributed by atoms with E-state index in [1.54, 1.807) is 13.8 Å². The Morgan fingerprint density at radius 3 is 2.26 bits per heavy atom. The van der Waals surface area contributed by atoms with Gasteiger partial charge in [0.2, 0.25) is 17.7 Å². The van der Waals surface area contributed by atoms with Gasteiger partial charge >= 0.3 is 6.09 Å². The third-order valence-electron chi connectivity index (χ3n) is 7.26. The number of carbonyl (C=O) groups is 4. The van der Waals surface area contributed by atoms with Gasteiger partial charge in [0.15, 0.2) is 6.10 Å². The van der Waals surface area contributed by atoms with E-state index in [1.807, 2.05) is 13.8 Å². The number of amides is 4. The number of likely N-dealkylation sites (tertiary alicyclic amines) is 1. The molecular weight excluding hydrogens is 404 g/mol. The number of carbonyl (C=O) groups excluding carboxylic acids is 3. The zero-order chi connectivity index (χ0) is 23.2. The maximum Gasteiger partial charge on any atom is 0.405 e. The van der Waals surface area contributed by atoms with Crippen molar-refractivity contribution in [1.29, 1.82) is 0 Å². The summed E-state index contributed by atoms with van der Waals surface area (Å²) in [7, 11) is 0. The number of nitrogens with zero attached hydrogens (tertiary/aromatic N) is 1. The van der Waals surface area contributed by atoms with Crippen LogP contribution in [0.3, 0.4) is 0 Å². The summed E-state index contributed by atoms with van der Waals surface area (Å²) >= 11 is 0. The van der Waals surface area contributed by atoms with Crippen molar-refractivity contribution in [2.24, 2.45) is 34.8 Å². The van der Waals surface area contributed by atoms with Crippen LogP contribution in [0, 0.1) is 29.1 Å². The lowest BCUT2D eigenvalue weighted by Gasteiger charge is -2.35. The summed E-state index contributed by atoms with van der Waals surface area (Å²) in [6.45, 7) is 7.93. The number of piperidine rings is 1. The van der Waals surface area contributed by atoms with Gasteiger partial charge in [-0.15, -0.1) is 0 Å². The van der Waals surface area contributed by atoms with Gasteiger partial charge in [0, 0.05) is 6.54 Å². The third-order valence-corrected chi connectivity index (χ3v) is 7.26. The molecule has 10 heteroatoms. The molecule has 1 heterocycles. The summed E-state index contributed by atoms with van der Waals surface area (Å²) in [6, 6.07) is -2.56. The van der Waals surface area contributed by atoms with Crippen molar-refractivity contribution in [1.82, 2.24) is 15.5 Å². The van der Waals surface area contributed by atoms with Crippen molar-refractivity contribution < 1.29 is 29.4 Å². The molecule has 174 valence electrons. The minimum Gasteiger partial charge on any atom is -0.465 e. The van der Waals surface area contributed by atoms with E-state index in [9.17, 15) is 24.3 Å². The molecule has 0 aromatic heterocycles. The van der Waals surface area contributed by atoms with Crippen LogP contribution in [0.25, 0.3) is 0 Å². The van der Waals surface area contributed by atoms with E-state index >= 15 is 0 Å². The molecule has 3 fully saturated rings. The van der Waals surface area contributed by atoms with Gasteiger partial charge < -0.3 is 31.5 Å². The molecule has 31 heavy (non-hydrogen) atoms. The Morgan fingerprint density at radius 1 is 1.16 bits per heavy atom. The van der Waals surface area contributed by atoms with Crippen molar-refractivity contribution in [2.75, 3.05) is 6.54 Å². The second-order valence-electron chi connectivity index (χ2n) is 10.2. The minimum absolute atomic E-state index is 0.0682. The molecule has 3 rings (SSSR count). The molecule has 2 aliphatic carbocycles. The number of carboxylic acid groups (broad SMARTS) is 1. The number of primary amides is 1. The minimum atomic E-state index is -1.50. The first-order chi connectivity index (χ1) is 14.4. The number of rotatable bonds is 9. The zero-order valence-electron chi connectivity index (χ0n) is 18.5. The Morgan fingerprint density at radius 2 is 1.77 bits per heavy atom. The largest absolute Gasteiger partial charge is 0.465 e. The van der Waals surface area contributed by atoms with E-state index in [4.69, 9.17) is 10.8 Å².